The summed E-state index contributed by atoms with van der Waals surface area (Å²) >= 11 is 3.24. The molecule has 0 aliphatic carbocycles. The minimum atomic E-state index is -0.265. The van der Waals surface area contributed by atoms with E-state index in [1.165, 1.54) is 0 Å². The summed E-state index contributed by atoms with van der Waals surface area (Å²) in [4.78, 5) is 20.1. The molecular formula is C12H10BrN3O. The minimum absolute atomic E-state index is 0.265. The molecule has 5 heteroatoms. The molecule has 2 aromatic rings. The van der Waals surface area contributed by atoms with Gasteiger partial charge < -0.3 is 5.32 Å². The number of pyridine rings is 2. The highest BCUT2D eigenvalue weighted by Gasteiger charge is 2.08. The van der Waals surface area contributed by atoms with Crippen molar-refractivity contribution < 1.29 is 4.79 Å². The summed E-state index contributed by atoms with van der Waals surface area (Å²) in [6.45, 7) is 1.84. The predicted octanol–water partition coefficient (Wildman–Crippen LogP) is 2.80. The number of carbonyl (C=O) groups excluding carboxylic acids is 1. The van der Waals surface area contributed by atoms with Gasteiger partial charge in [0.25, 0.3) is 5.91 Å². The fourth-order valence-corrected chi connectivity index (χ4v) is 1.67. The Labute approximate surface area is 107 Å². The first kappa shape index (κ1) is 11.7. The molecule has 0 fully saturated rings. The van der Waals surface area contributed by atoms with Crippen LogP contribution in [0.1, 0.15) is 16.2 Å². The second-order valence-corrected chi connectivity index (χ2v) is 4.28. The van der Waals surface area contributed by atoms with E-state index >= 15 is 0 Å². The van der Waals surface area contributed by atoms with Crippen molar-refractivity contribution in [1.82, 2.24) is 9.97 Å². The van der Waals surface area contributed by atoms with Gasteiger partial charge in [-0.1, -0.05) is 12.1 Å². The number of hydrogen-bond donors (Lipinski definition) is 1. The zero-order valence-corrected chi connectivity index (χ0v) is 10.7. The standard InChI is InChI=1S/C12H10BrN3O/c1-8-4-2-5-9(14-8)12(17)16-11-7-3-6-10(13)15-11/h2-7H,1H3,(H,15,16,17). The van der Waals surface area contributed by atoms with Crippen LogP contribution in [0, 0.1) is 6.92 Å². The van der Waals surface area contributed by atoms with Crippen LogP contribution < -0.4 is 5.32 Å². The van der Waals surface area contributed by atoms with E-state index in [1.807, 2.05) is 13.0 Å². The van der Waals surface area contributed by atoms with E-state index in [0.717, 1.165) is 5.69 Å². The Morgan fingerprint density at radius 3 is 2.65 bits per heavy atom. The topological polar surface area (TPSA) is 54.9 Å². The van der Waals surface area contributed by atoms with Gasteiger partial charge in [0, 0.05) is 5.69 Å². The number of hydrogen-bond acceptors (Lipinski definition) is 3. The molecule has 2 aromatic heterocycles. The average molecular weight is 292 g/mol. The van der Waals surface area contributed by atoms with E-state index in [9.17, 15) is 4.79 Å². The van der Waals surface area contributed by atoms with Crippen molar-refractivity contribution in [2.24, 2.45) is 0 Å². The number of amides is 1. The quantitative estimate of drug-likeness (QED) is 0.866. The monoisotopic (exact) mass is 291 g/mol. The molecule has 0 unspecified atom stereocenters. The zero-order valence-electron chi connectivity index (χ0n) is 9.14. The predicted molar refractivity (Wildman–Crippen MR) is 68.9 cm³/mol. The third-order valence-corrected chi connectivity index (χ3v) is 2.52. The van der Waals surface area contributed by atoms with Gasteiger partial charge in [0.2, 0.25) is 0 Å². The largest absolute Gasteiger partial charge is 0.305 e. The third kappa shape index (κ3) is 3.10. The molecule has 0 bridgehead atoms. The molecule has 2 heterocycles. The first-order valence-corrected chi connectivity index (χ1v) is 5.82. The van der Waals surface area contributed by atoms with Crippen LogP contribution in [0.4, 0.5) is 5.82 Å². The summed E-state index contributed by atoms with van der Waals surface area (Å²) in [6, 6.07) is 10.6. The molecule has 0 saturated heterocycles. The summed E-state index contributed by atoms with van der Waals surface area (Å²) < 4.78 is 0.674. The first-order chi connectivity index (χ1) is 8.15. The van der Waals surface area contributed by atoms with Crippen molar-refractivity contribution in [2.45, 2.75) is 6.92 Å². The van der Waals surface area contributed by atoms with Crippen LogP contribution in [0.3, 0.4) is 0 Å². The lowest BCUT2D eigenvalue weighted by Crippen LogP contribution is -2.14. The van der Waals surface area contributed by atoms with Crippen LogP contribution in [0.5, 0.6) is 0 Å². The van der Waals surface area contributed by atoms with Gasteiger partial charge in [0.05, 0.1) is 0 Å². The van der Waals surface area contributed by atoms with Gasteiger partial charge in [-0.3, -0.25) is 4.79 Å². The highest BCUT2D eigenvalue weighted by Crippen LogP contribution is 2.11. The molecule has 0 aromatic carbocycles. The molecule has 4 nitrogen and oxygen atoms in total. The molecule has 1 N–H and O–H groups in total. The van der Waals surface area contributed by atoms with E-state index in [4.69, 9.17) is 0 Å². The van der Waals surface area contributed by atoms with Gasteiger partial charge in [-0.25, -0.2) is 9.97 Å². The average Bonchev–Trinajstić information content (AvgIpc) is 2.29. The van der Waals surface area contributed by atoms with E-state index in [2.05, 4.69) is 31.2 Å². The Morgan fingerprint density at radius 2 is 1.94 bits per heavy atom. The molecule has 0 saturated carbocycles. The van der Waals surface area contributed by atoms with E-state index in [1.54, 1.807) is 30.3 Å². The Balaban J connectivity index is 2.17. The van der Waals surface area contributed by atoms with Crippen LogP contribution in [0.25, 0.3) is 0 Å². The van der Waals surface area contributed by atoms with Gasteiger partial charge >= 0.3 is 0 Å². The van der Waals surface area contributed by atoms with Gasteiger partial charge in [-0.05, 0) is 47.1 Å². The van der Waals surface area contributed by atoms with E-state index in [0.29, 0.717) is 16.1 Å². The molecular weight excluding hydrogens is 282 g/mol. The number of rotatable bonds is 2. The Morgan fingerprint density at radius 1 is 1.18 bits per heavy atom. The lowest BCUT2D eigenvalue weighted by molar-refractivity contribution is 0.102. The van der Waals surface area contributed by atoms with E-state index < -0.39 is 0 Å². The normalized spacial score (nSPS) is 10.0. The lowest BCUT2D eigenvalue weighted by Gasteiger charge is -2.04. The number of nitrogens with zero attached hydrogens (tertiary/aromatic N) is 2. The number of aromatic nitrogens is 2. The lowest BCUT2D eigenvalue weighted by atomic mass is 10.3. The summed E-state index contributed by atoms with van der Waals surface area (Å²) in [5, 5.41) is 2.68. The molecule has 1 amide bonds. The van der Waals surface area contributed by atoms with Gasteiger partial charge in [0.15, 0.2) is 0 Å². The summed E-state index contributed by atoms with van der Waals surface area (Å²) in [7, 11) is 0. The number of carbonyl (C=O) groups is 1. The maximum absolute atomic E-state index is 11.8. The second-order valence-electron chi connectivity index (χ2n) is 3.46. The second kappa shape index (κ2) is 5.05. The molecule has 0 atom stereocenters. The van der Waals surface area contributed by atoms with Gasteiger partial charge in [0.1, 0.15) is 16.1 Å². The Hall–Kier alpha value is -1.75. The molecule has 0 spiro atoms. The van der Waals surface area contributed by atoms with Crippen LogP contribution in [-0.4, -0.2) is 15.9 Å². The van der Waals surface area contributed by atoms with Gasteiger partial charge in [-0.15, -0.1) is 0 Å². The number of aryl methyl sites for hydroxylation is 1. The smallest absolute Gasteiger partial charge is 0.275 e. The van der Waals surface area contributed by atoms with Crippen molar-refractivity contribution in [2.75, 3.05) is 5.32 Å². The fourth-order valence-electron chi connectivity index (χ4n) is 1.33. The van der Waals surface area contributed by atoms with Crippen molar-refractivity contribution in [3.05, 3.63) is 52.4 Å². The number of nitrogens with one attached hydrogen (secondary N) is 1. The molecule has 17 heavy (non-hydrogen) atoms. The summed E-state index contributed by atoms with van der Waals surface area (Å²) in [5.74, 6) is 0.229. The highest BCUT2D eigenvalue weighted by molar-refractivity contribution is 9.10. The van der Waals surface area contributed by atoms with Crippen molar-refractivity contribution >= 4 is 27.7 Å². The van der Waals surface area contributed by atoms with Crippen molar-refractivity contribution in [3.8, 4) is 0 Å². The minimum Gasteiger partial charge on any atom is -0.305 e. The van der Waals surface area contributed by atoms with Crippen molar-refractivity contribution in [3.63, 3.8) is 0 Å². The highest BCUT2D eigenvalue weighted by atomic mass is 79.9. The fraction of sp³-hybridized carbons (Fsp3) is 0.0833. The third-order valence-electron chi connectivity index (χ3n) is 2.08. The molecule has 86 valence electrons. The first-order valence-electron chi connectivity index (χ1n) is 5.03. The van der Waals surface area contributed by atoms with Crippen LogP contribution in [0.15, 0.2) is 41.0 Å². The van der Waals surface area contributed by atoms with Crippen molar-refractivity contribution in [1.29, 1.82) is 0 Å². The molecule has 2 rings (SSSR count). The molecule has 0 radical (unpaired) electrons. The summed E-state index contributed by atoms with van der Waals surface area (Å²) in [5.41, 5.74) is 1.19. The van der Waals surface area contributed by atoms with Crippen LogP contribution in [-0.2, 0) is 0 Å². The Bertz CT molecular complexity index is 557. The maximum atomic E-state index is 11.8. The maximum Gasteiger partial charge on any atom is 0.275 e. The van der Waals surface area contributed by atoms with E-state index in [-0.39, 0.29) is 5.91 Å². The Kier molecular flexibility index (Phi) is 3.49. The number of halogens is 1. The van der Waals surface area contributed by atoms with Gasteiger partial charge in [-0.2, -0.15) is 0 Å². The zero-order chi connectivity index (χ0) is 12.3. The summed E-state index contributed by atoms with van der Waals surface area (Å²) in [6.07, 6.45) is 0. The van der Waals surface area contributed by atoms with Crippen LogP contribution >= 0.6 is 15.9 Å². The SMILES string of the molecule is Cc1cccc(C(=O)Nc2cccc(Br)n2)n1. The molecule has 0 aliphatic heterocycles. The van der Waals surface area contributed by atoms with Crippen LogP contribution in [0.2, 0.25) is 0 Å². The number of anilines is 1. The molecule has 0 aliphatic rings.